The average molecular weight is 332 g/mol. The van der Waals surface area contributed by atoms with Crippen LogP contribution in [0.4, 0.5) is 8.78 Å². The van der Waals surface area contributed by atoms with Crippen LogP contribution in [-0.4, -0.2) is 29.8 Å². The molecule has 0 atom stereocenters. The van der Waals surface area contributed by atoms with Crippen molar-refractivity contribution in [3.05, 3.63) is 71.3 Å². The number of hydrogen-bond donors (Lipinski definition) is 1. The molecule has 24 heavy (non-hydrogen) atoms. The van der Waals surface area contributed by atoms with Gasteiger partial charge >= 0.3 is 0 Å². The molecule has 126 valence electrons. The van der Waals surface area contributed by atoms with E-state index in [4.69, 9.17) is 0 Å². The largest absolute Gasteiger partial charge is 0.343 e. The highest BCUT2D eigenvalue weighted by Gasteiger charge is 2.16. The predicted octanol–water partition coefficient (Wildman–Crippen LogP) is 2.74. The number of hydrogen-bond acceptors (Lipinski definition) is 2. The van der Waals surface area contributed by atoms with Crippen LogP contribution in [0, 0.1) is 11.6 Å². The number of nitrogens with zero attached hydrogens (tertiary/aromatic N) is 1. The maximum atomic E-state index is 13.5. The molecule has 0 saturated carbocycles. The number of nitrogens with one attached hydrogen (secondary N) is 1. The van der Waals surface area contributed by atoms with Gasteiger partial charge in [-0.3, -0.25) is 9.59 Å². The summed E-state index contributed by atoms with van der Waals surface area (Å²) in [6, 6.07) is 12.1. The van der Waals surface area contributed by atoms with Crippen molar-refractivity contribution in [3.63, 3.8) is 0 Å². The van der Waals surface area contributed by atoms with E-state index in [1.165, 1.54) is 0 Å². The molecule has 1 N–H and O–H groups in total. The van der Waals surface area contributed by atoms with Crippen molar-refractivity contribution in [2.45, 2.75) is 13.5 Å². The Bertz CT molecular complexity index is 720. The van der Waals surface area contributed by atoms with E-state index in [0.29, 0.717) is 19.2 Å². The summed E-state index contributed by atoms with van der Waals surface area (Å²) >= 11 is 0. The number of carbonyl (C=O) groups excluding carboxylic acids is 2. The Morgan fingerprint density at radius 1 is 1.08 bits per heavy atom. The van der Waals surface area contributed by atoms with Crippen LogP contribution in [0.1, 0.15) is 22.8 Å². The lowest BCUT2D eigenvalue weighted by Crippen LogP contribution is -2.40. The van der Waals surface area contributed by atoms with Gasteiger partial charge in [-0.25, -0.2) is 8.78 Å². The molecule has 0 heterocycles. The molecule has 0 aliphatic carbocycles. The fraction of sp³-hybridized carbons (Fsp3) is 0.222. The minimum atomic E-state index is -0.961. The van der Waals surface area contributed by atoms with Gasteiger partial charge in [-0.2, -0.15) is 0 Å². The van der Waals surface area contributed by atoms with Gasteiger partial charge in [0, 0.05) is 19.2 Å². The smallest absolute Gasteiger partial charge is 0.254 e. The lowest BCUT2D eigenvalue weighted by atomic mass is 10.2. The van der Waals surface area contributed by atoms with Crippen LogP contribution in [0.25, 0.3) is 0 Å². The molecule has 2 aromatic rings. The predicted molar refractivity (Wildman–Crippen MR) is 86.2 cm³/mol. The first-order chi connectivity index (χ1) is 11.5. The van der Waals surface area contributed by atoms with E-state index < -0.39 is 17.5 Å². The van der Waals surface area contributed by atoms with Gasteiger partial charge in [-0.15, -0.1) is 0 Å². The zero-order chi connectivity index (χ0) is 17.5. The van der Waals surface area contributed by atoms with Crippen molar-refractivity contribution in [2.24, 2.45) is 0 Å². The van der Waals surface area contributed by atoms with Gasteiger partial charge in [-0.05, 0) is 24.6 Å². The van der Waals surface area contributed by atoms with Crippen molar-refractivity contribution in [1.29, 1.82) is 0 Å². The zero-order valence-electron chi connectivity index (χ0n) is 13.3. The number of amides is 2. The van der Waals surface area contributed by atoms with E-state index in [0.717, 1.165) is 17.7 Å². The summed E-state index contributed by atoms with van der Waals surface area (Å²) in [4.78, 5) is 25.7. The van der Waals surface area contributed by atoms with E-state index in [1.807, 2.05) is 37.3 Å². The molecular formula is C18H18F2N2O2. The Kier molecular flexibility index (Phi) is 6.01. The average Bonchev–Trinajstić information content (AvgIpc) is 2.58. The minimum Gasteiger partial charge on any atom is -0.343 e. The molecule has 0 fully saturated rings. The first-order valence-electron chi connectivity index (χ1n) is 7.56. The second-order valence-electron chi connectivity index (χ2n) is 5.20. The molecule has 0 aliphatic rings. The maximum absolute atomic E-state index is 13.5. The molecular weight excluding hydrogens is 314 g/mol. The van der Waals surface area contributed by atoms with E-state index in [2.05, 4.69) is 5.32 Å². The molecule has 4 nitrogen and oxygen atoms in total. The second kappa shape index (κ2) is 8.19. The normalized spacial score (nSPS) is 10.3. The summed E-state index contributed by atoms with van der Waals surface area (Å²) in [5.74, 6) is -2.76. The summed E-state index contributed by atoms with van der Waals surface area (Å²) in [5.41, 5.74) is 0.680. The van der Waals surface area contributed by atoms with Crippen molar-refractivity contribution in [3.8, 4) is 0 Å². The number of carbonyl (C=O) groups is 2. The lowest BCUT2D eigenvalue weighted by molar-refractivity contribution is -0.130. The van der Waals surface area contributed by atoms with Gasteiger partial charge in [0.25, 0.3) is 5.91 Å². The Morgan fingerprint density at radius 3 is 2.42 bits per heavy atom. The summed E-state index contributed by atoms with van der Waals surface area (Å²) in [7, 11) is 0. The first kappa shape index (κ1) is 17.6. The van der Waals surface area contributed by atoms with Crippen molar-refractivity contribution in [2.75, 3.05) is 13.1 Å². The first-order valence-corrected chi connectivity index (χ1v) is 7.56. The quantitative estimate of drug-likeness (QED) is 0.884. The highest BCUT2D eigenvalue weighted by Crippen LogP contribution is 2.09. The van der Waals surface area contributed by atoms with Gasteiger partial charge in [0.05, 0.1) is 12.1 Å². The summed E-state index contributed by atoms with van der Waals surface area (Å²) in [6.07, 6.45) is 0. The Hall–Kier alpha value is -2.76. The molecule has 0 aliphatic heterocycles. The molecule has 2 amide bonds. The van der Waals surface area contributed by atoms with Crippen molar-refractivity contribution >= 4 is 11.8 Å². The van der Waals surface area contributed by atoms with E-state index in [-0.39, 0.29) is 18.0 Å². The van der Waals surface area contributed by atoms with E-state index in [9.17, 15) is 18.4 Å². The van der Waals surface area contributed by atoms with Crippen LogP contribution >= 0.6 is 0 Å². The van der Waals surface area contributed by atoms with Crippen molar-refractivity contribution in [1.82, 2.24) is 10.2 Å². The highest BCUT2D eigenvalue weighted by molar-refractivity contribution is 5.96. The van der Waals surface area contributed by atoms with Crippen LogP contribution in [0.2, 0.25) is 0 Å². The van der Waals surface area contributed by atoms with Gasteiger partial charge in [0.15, 0.2) is 0 Å². The summed E-state index contributed by atoms with van der Waals surface area (Å²) < 4.78 is 26.4. The number of benzene rings is 2. The number of halogens is 2. The third-order valence-electron chi connectivity index (χ3n) is 3.53. The van der Waals surface area contributed by atoms with Crippen molar-refractivity contribution < 1.29 is 18.4 Å². The van der Waals surface area contributed by atoms with Gasteiger partial charge < -0.3 is 10.2 Å². The Morgan fingerprint density at radius 2 is 1.79 bits per heavy atom. The van der Waals surface area contributed by atoms with E-state index in [1.54, 1.807) is 4.90 Å². The second-order valence-corrected chi connectivity index (χ2v) is 5.20. The van der Waals surface area contributed by atoms with Crippen LogP contribution < -0.4 is 5.32 Å². The molecule has 6 heteroatoms. The monoisotopic (exact) mass is 332 g/mol. The molecule has 0 saturated heterocycles. The zero-order valence-corrected chi connectivity index (χ0v) is 13.3. The summed E-state index contributed by atoms with van der Waals surface area (Å²) in [6.45, 7) is 2.49. The lowest BCUT2D eigenvalue weighted by Gasteiger charge is -2.21. The Labute approximate surface area is 139 Å². The third-order valence-corrected chi connectivity index (χ3v) is 3.53. The Balaban J connectivity index is 1.94. The number of likely N-dealkylation sites (N-methyl/N-ethyl adjacent to an activating group) is 1. The van der Waals surface area contributed by atoms with Gasteiger partial charge in [-0.1, -0.05) is 30.3 Å². The number of rotatable bonds is 6. The van der Waals surface area contributed by atoms with E-state index >= 15 is 0 Å². The SMILES string of the molecule is CCN(Cc1ccccc1)C(=O)CNC(=O)c1ccc(F)cc1F. The fourth-order valence-corrected chi connectivity index (χ4v) is 2.22. The third kappa shape index (κ3) is 4.62. The summed E-state index contributed by atoms with van der Waals surface area (Å²) in [5, 5.41) is 2.37. The maximum Gasteiger partial charge on any atom is 0.254 e. The van der Waals surface area contributed by atoms with Crippen LogP contribution in [-0.2, 0) is 11.3 Å². The molecule has 0 spiro atoms. The molecule has 2 aromatic carbocycles. The molecule has 0 aromatic heterocycles. The van der Waals surface area contributed by atoms with Gasteiger partial charge in [0.1, 0.15) is 11.6 Å². The topological polar surface area (TPSA) is 49.4 Å². The highest BCUT2D eigenvalue weighted by atomic mass is 19.1. The standard InChI is InChI=1S/C18H18F2N2O2/c1-2-22(12-13-6-4-3-5-7-13)17(23)11-21-18(24)15-9-8-14(19)10-16(15)20/h3-10H,2,11-12H2,1H3,(H,21,24). The van der Waals surface area contributed by atoms with Gasteiger partial charge in [0.2, 0.25) is 5.91 Å². The van der Waals surface area contributed by atoms with Crippen LogP contribution in [0.3, 0.4) is 0 Å². The fourth-order valence-electron chi connectivity index (χ4n) is 2.22. The molecule has 0 radical (unpaired) electrons. The van der Waals surface area contributed by atoms with Crippen LogP contribution in [0.5, 0.6) is 0 Å². The minimum absolute atomic E-state index is 0.254. The molecule has 0 unspecified atom stereocenters. The van der Waals surface area contributed by atoms with Crippen LogP contribution in [0.15, 0.2) is 48.5 Å². The molecule has 0 bridgehead atoms. The molecule has 2 rings (SSSR count).